The van der Waals surface area contributed by atoms with Crippen molar-refractivity contribution >= 4 is 10.1 Å². The summed E-state index contributed by atoms with van der Waals surface area (Å²) >= 11 is 0. The number of benzene rings is 1. The summed E-state index contributed by atoms with van der Waals surface area (Å²) in [6, 6.07) is 3.38. The third kappa shape index (κ3) is 5.74. The summed E-state index contributed by atoms with van der Waals surface area (Å²) in [6.45, 7) is 7.46. The molecule has 1 aromatic carbocycles. The molecule has 1 aliphatic rings. The van der Waals surface area contributed by atoms with E-state index in [2.05, 4.69) is 7.05 Å². The van der Waals surface area contributed by atoms with Gasteiger partial charge >= 0.3 is 0 Å². The van der Waals surface area contributed by atoms with Crippen molar-refractivity contribution in [1.29, 1.82) is 0 Å². The molecule has 0 aliphatic carbocycles. The fourth-order valence-electron chi connectivity index (χ4n) is 2.80. The molecule has 1 saturated heterocycles. The average Bonchev–Trinajstić information content (AvgIpc) is 2.25. The quantitative estimate of drug-likeness (QED) is 0.488. The lowest BCUT2D eigenvalue weighted by molar-refractivity contribution is -0.925. The summed E-state index contributed by atoms with van der Waals surface area (Å²) < 4.78 is 33.2. The lowest BCUT2D eigenvalue weighted by Gasteiger charge is -2.31. The molecule has 1 aliphatic heterocycles. The molecular formula is C15H26N2O3S. The van der Waals surface area contributed by atoms with Crippen LogP contribution in [0, 0.1) is 20.8 Å². The average molecular weight is 314 g/mol. The maximum Gasteiger partial charge on any atom is 0.124 e. The fourth-order valence-corrected chi connectivity index (χ4v) is 3.70. The molecule has 0 saturated carbocycles. The summed E-state index contributed by atoms with van der Waals surface area (Å²) in [4.78, 5) is -0.0851. The van der Waals surface area contributed by atoms with Gasteiger partial charge < -0.3 is 4.55 Å². The Morgan fingerprint density at radius 3 is 1.76 bits per heavy atom. The van der Waals surface area contributed by atoms with Gasteiger partial charge in [-0.3, -0.25) is 4.59 Å². The molecule has 6 heteroatoms. The predicted molar refractivity (Wildman–Crippen MR) is 82.6 cm³/mol. The van der Waals surface area contributed by atoms with E-state index < -0.39 is 10.1 Å². The summed E-state index contributed by atoms with van der Waals surface area (Å²) in [5, 5.41) is 0. The molecule has 120 valence electrons. The van der Waals surface area contributed by atoms with E-state index in [9.17, 15) is 13.0 Å². The van der Waals surface area contributed by atoms with Crippen molar-refractivity contribution < 1.29 is 17.6 Å². The number of rotatable bonds is 1. The summed E-state index contributed by atoms with van der Waals surface area (Å²) in [7, 11) is -2.23. The van der Waals surface area contributed by atoms with Crippen LogP contribution in [0.1, 0.15) is 36.0 Å². The van der Waals surface area contributed by atoms with Gasteiger partial charge in [-0.1, -0.05) is 17.7 Å². The van der Waals surface area contributed by atoms with Crippen LogP contribution < -0.4 is 5.84 Å². The normalized spacial score (nSPS) is 17.8. The Bertz CT molecular complexity index is 564. The Labute approximate surface area is 128 Å². The number of hydrogen-bond acceptors (Lipinski definition) is 4. The van der Waals surface area contributed by atoms with Crippen molar-refractivity contribution in [2.45, 2.75) is 44.9 Å². The second-order valence-corrected chi connectivity index (χ2v) is 7.49. The van der Waals surface area contributed by atoms with Crippen molar-refractivity contribution in [2.24, 2.45) is 5.84 Å². The number of likely N-dealkylation sites (tertiary alicyclic amines) is 1. The molecule has 1 aromatic rings. The van der Waals surface area contributed by atoms with E-state index in [-0.39, 0.29) is 4.90 Å². The van der Waals surface area contributed by atoms with Crippen molar-refractivity contribution in [2.75, 3.05) is 20.1 Å². The van der Waals surface area contributed by atoms with Gasteiger partial charge in [-0.15, -0.1) is 0 Å². The maximum absolute atomic E-state index is 10.8. The Kier molecular flexibility index (Phi) is 5.92. The molecular weight excluding hydrogens is 288 g/mol. The summed E-state index contributed by atoms with van der Waals surface area (Å²) in [6.07, 6.45) is 4.00. The Hall–Kier alpha value is -0.950. The SMILES string of the molecule is C[N+]1(N)CCCCC1.Cc1cc(C)c(S(=O)(=O)[O-])c(C)c1. The van der Waals surface area contributed by atoms with Crippen LogP contribution >= 0.6 is 0 Å². The summed E-state index contributed by atoms with van der Waals surface area (Å²) in [5.41, 5.74) is 2.00. The molecule has 1 heterocycles. The highest BCUT2D eigenvalue weighted by molar-refractivity contribution is 7.85. The van der Waals surface area contributed by atoms with Crippen molar-refractivity contribution in [3.8, 4) is 0 Å². The molecule has 0 spiro atoms. The first-order valence-electron chi connectivity index (χ1n) is 7.20. The van der Waals surface area contributed by atoms with Gasteiger partial charge in [-0.2, -0.15) is 5.84 Å². The van der Waals surface area contributed by atoms with E-state index in [4.69, 9.17) is 5.84 Å². The van der Waals surface area contributed by atoms with E-state index in [0.29, 0.717) is 11.1 Å². The van der Waals surface area contributed by atoms with Crippen LogP contribution in [0.2, 0.25) is 0 Å². The van der Waals surface area contributed by atoms with Gasteiger partial charge in [0.1, 0.15) is 10.1 Å². The molecule has 0 aromatic heterocycles. The van der Waals surface area contributed by atoms with Crippen LogP contribution in [0.25, 0.3) is 0 Å². The van der Waals surface area contributed by atoms with Gasteiger partial charge in [-0.05, 0) is 51.2 Å². The maximum atomic E-state index is 10.8. The first-order valence-corrected chi connectivity index (χ1v) is 8.60. The third-order valence-electron chi connectivity index (χ3n) is 3.69. The van der Waals surface area contributed by atoms with Crippen LogP contribution in [-0.2, 0) is 10.1 Å². The molecule has 0 unspecified atom stereocenters. The number of nitrogens with two attached hydrogens (primary N) is 1. The lowest BCUT2D eigenvalue weighted by Crippen LogP contribution is -2.53. The van der Waals surface area contributed by atoms with Gasteiger partial charge in [0.15, 0.2) is 0 Å². The number of aryl methyl sites for hydroxylation is 3. The zero-order chi connectivity index (χ0) is 16.3. The van der Waals surface area contributed by atoms with E-state index in [0.717, 1.165) is 10.2 Å². The van der Waals surface area contributed by atoms with E-state index in [1.54, 1.807) is 26.0 Å². The van der Waals surface area contributed by atoms with Crippen LogP contribution in [-0.4, -0.2) is 37.7 Å². The zero-order valence-electron chi connectivity index (χ0n) is 13.3. The number of nitrogens with zero attached hydrogens (tertiary/aromatic N) is 1. The largest absolute Gasteiger partial charge is 0.744 e. The molecule has 1 fully saturated rings. The highest BCUT2D eigenvalue weighted by Gasteiger charge is 2.19. The molecule has 2 rings (SSSR count). The smallest absolute Gasteiger partial charge is 0.124 e. The van der Waals surface area contributed by atoms with Gasteiger partial charge in [0, 0.05) is 0 Å². The van der Waals surface area contributed by atoms with Crippen LogP contribution in [0.15, 0.2) is 17.0 Å². The summed E-state index contributed by atoms with van der Waals surface area (Å²) in [5.74, 6) is 5.82. The standard InChI is InChI=1S/C9H12O3S.C6H15N2/c1-6-4-7(2)9(8(3)5-6)13(10,11)12;1-8(7)5-3-2-4-6-8/h4-5H,1-3H3,(H,10,11,12);2-7H2,1H3/q;+1/p-1. The van der Waals surface area contributed by atoms with Crippen LogP contribution in [0.3, 0.4) is 0 Å². The number of hydrogen-bond donors (Lipinski definition) is 1. The molecule has 5 nitrogen and oxygen atoms in total. The molecule has 0 atom stereocenters. The molecule has 2 N–H and O–H groups in total. The van der Waals surface area contributed by atoms with Gasteiger partial charge in [0.2, 0.25) is 0 Å². The van der Waals surface area contributed by atoms with Gasteiger partial charge in [0.25, 0.3) is 0 Å². The first kappa shape index (κ1) is 18.1. The van der Waals surface area contributed by atoms with Gasteiger partial charge in [-0.25, -0.2) is 8.42 Å². The second-order valence-electron chi connectivity index (χ2n) is 6.17. The minimum Gasteiger partial charge on any atom is -0.744 e. The van der Waals surface area contributed by atoms with Gasteiger partial charge in [0.05, 0.1) is 25.0 Å². The molecule has 0 amide bonds. The first-order chi connectivity index (χ1) is 9.53. The van der Waals surface area contributed by atoms with E-state index >= 15 is 0 Å². The fraction of sp³-hybridized carbons (Fsp3) is 0.600. The Morgan fingerprint density at radius 1 is 1.05 bits per heavy atom. The number of quaternary nitrogens is 1. The van der Waals surface area contributed by atoms with Crippen molar-refractivity contribution in [3.63, 3.8) is 0 Å². The lowest BCUT2D eigenvalue weighted by atomic mass is 10.1. The van der Waals surface area contributed by atoms with Crippen LogP contribution in [0.5, 0.6) is 0 Å². The van der Waals surface area contributed by atoms with E-state index in [1.165, 1.54) is 32.4 Å². The second kappa shape index (κ2) is 6.87. The van der Waals surface area contributed by atoms with Crippen molar-refractivity contribution in [3.05, 3.63) is 28.8 Å². The van der Waals surface area contributed by atoms with Crippen LogP contribution in [0.4, 0.5) is 0 Å². The highest BCUT2D eigenvalue weighted by Crippen LogP contribution is 2.20. The predicted octanol–water partition coefficient (Wildman–Crippen LogP) is 2.01. The monoisotopic (exact) mass is 314 g/mol. The minimum atomic E-state index is -4.33. The van der Waals surface area contributed by atoms with Crippen molar-refractivity contribution in [1.82, 2.24) is 0 Å². The third-order valence-corrected chi connectivity index (χ3v) is 4.84. The highest BCUT2D eigenvalue weighted by atomic mass is 32.2. The Balaban J connectivity index is 0.000000235. The molecule has 21 heavy (non-hydrogen) atoms. The molecule has 0 bridgehead atoms. The minimum absolute atomic E-state index is 0.0851. The topological polar surface area (TPSA) is 83.2 Å². The number of piperidine rings is 1. The van der Waals surface area contributed by atoms with E-state index in [1.807, 2.05) is 6.92 Å². The molecule has 0 radical (unpaired) electrons. The zero-order valence-corrected chi connectivity index (χ0v) is 14.2. The Morgan fingerprint density at radius 2 is 1.48 bits per heavy atom.